The van der Waals surface area contributed by atoms with Gasteiger partial charge in [-0.3, -0.25) is 9.78 Å². The third kappa shape index (κ3) is 2.56. The van der Waals surface area contributed by atoms with Gasteiger partial charge in [0.05, 0.1) is 17.2 Å². The highest BCUT2D eigenvalue weighted by atomic mass is 35.5. The van der Waals surface area contributed by atoms with E-state index in [-0.39, 0.29) is 17.4 Å². The predicted octanol–water partition coefficient (Wildman–Crippen LogP) is 3.48. The van der Waals surface area contributed by atoms with E-state index in [9.17, 15) is 9.59 Å². The van der Waals surface area contributed by atoms with Crippen LogP contribution in [0.25, 0.3) is 5.69 Å². The fraction of sp³-hybridized carbons (Fsp3) is 0.200. The van der Waals surface area contributed by atoms with E-state index in [1.807, 2.05) is 32.0 Å². The second kappa shape index (κ2) is 5.88. The average Bonchev–Trinajstić information content (AvgIpc) is 2.87. The fourth-order valence-corrected chi connectivity index (χ4v) is 3.70. The molecule has 26 heavy (non-hydrogen) atoms. The molecule has 5 nitrogen and oxygen atoms in total. The van der Waals surface area contributed by atoms with Crippen LogP contribution in [0.2, 0.25) is 5.02 Å². The van der Waals surface area contributed by atoms with Crippen LogP contribution in [0.1, 0.15) is 30.9 Å². The zero-order chi connectivity index (χ0) is 18.5. The van der Waals surface area contributed by atoms with E-state index in [1.54, 1.807) is 36.4 Å². The second-order valence-corrected chi connectivity index (χ2v) is 7.28. The molecule has 1 atom stereocenters. The maximum Gasteiger partial charge on any atom is 0.335 e. The number of hydrogen-bond acceptors (Lipinski definition) is 3. The summed E-state index contributed by atoms with van der Waals surface area (Å²) >= 11 is 6.00. The summed E-state index contributed by atoms with van der Waals surface area (Å²) in [6.07, 6.45) is 0. The fourth-order valence-electron chi connectivity index (χ4n) is 3.57. The van der Waals surface area contributed by atoms with Crippen molar-refractivity contribution in [2.45, 2.75) is 25.4 Å². The quantitative estimate of drug-likeness (QED) is 0.753. The van der Waals surface area contributed by atoms with Gasteiger partial charge >= 0.3 is 5.69 Å². The van der Waals surface area contributed by atoms with Crippen LogP contribution in [0, 0.1) is 0 Å². The molecule has 0 radical (unpaired) electrons. The Morgan fingerprint density at radius 3 is 2.35 bits per heavy atom. The molecule has 2 aromatic carbocycles. The molecule has 6 heteroatoms. The van der Waals surface area contributed by atoms with Crippen LogP contribution in [0.4, 0.5) is 0 Å². The largest absolute Gasteiger partial charge is 0.471 e. The van der Waals surface area contributed by atoms with Gasteiger partial charge in [-0.1, -0.05) is 41.9 Å². The van der Waals surface area contributed by atoms with Gasteiger partial charge in [0.15, 0.2) is 0 Å². The molecule has 0 bridgehead atoms. The summed E-state index contributed by atoms with van der Waals surface area (Å²) in [5.41, 5.74) is 0.283. The van der Waals surface area contributed by atoms with E-state index >= 15 is 0 Å². The molecule has 1 aliphatic heterocycles. The summed E-state index contributed by atoms with van der Waals surface area (Å²) in [7, 11) is 0. The molecule has 1 aliphatic rings. The van der Waals surface area contributed by atoms with Crippen molar-refractivity contribution in [1.82, 2.24) is 9.55 Å². The molecule has 0 amide bonds. The van der Waals surface area contributed by atoms with E-state index in [0.29, 0.717) is 16.3 Å². The zero-order valence-corrected chi connectivity index (χ0v) is 15.1. The smallest absolute Gasteiger partial charge is 0.335 e. The lowest BCUT2D eigenvalue weighted by atomic mass is 9.82. The average molecular weight is 369 g/mol. The van der Waals surface area contributed by atoms with Crippen molar-refractivity contribution in [3.63, 3.8) is 0 Å². The molecule has 1 N–H and O–H groups in total. The Balaban J connectivity index is 1.98. The van der Waals surface area contributed by atoms with Gasteiger partial charge in [-0.05, 0) is 43.7 Å². The Kier molecular flexibility index (Phi) is 3.77. The molecule has 1 unspecified atom stereocenters. The van der Waals surface area contributed by atoms with Crippen molar-refractivity contribution >= 4 is 11.6 Å². The first-order valence-corrected chi connectivity index (χ1v) is 8.65. The number of halogens is 1. The number of aromatic nitrogens is 2. The third-order valence-electron chi connectivity index (χ3n) is 4.67. The van der Waals surface area contributed by atoms with Crippen LogP contribution in [-0.2, 0) is 0 Å². The monoisotopic (exact) mass is 368 g/mol. The van der Waals surface area contributed by atoms with Crippen molar-refractivity contribution in [3.05, 3.63) is 91.6 Å². The van der Waals surface area contributed by atoms with Crippen molar-refractivity contribution in [2.24, 2.45) is 0 Å². The number of benzene rings is 2. The van der Waals surface area contributed by atoms with Gasteiger partial charge < -0.3 is 4.74 Å². The van der Waals surface area contributed by atoms with Crippen LogP contribution in [0.3, 0.4) is 0 Å². The second-order valence-electron chi connectivity index (χ2n) is 6.84. The number of hydrogen-bond donors (Lipinski definition) is 1. The van der Waals surface area contributed by atoms with Gasteiger partial charge in [0.1, 0.15) is 5.60 Å². The molecule has 1 aromatic heterocycles. The molecule has 0 fully saturated rings. The topological polar surface area (TPSA) is 64.1 Å². The van der Waals surface area contributed by atoms with E-state index in [0.717, 1.165) is 10.1 Å². The molecule has 4 rings (SSSR count). The number of nitrogens with one attached hydrogen (secondary N) is 1. The number of fused-ring (bicyclic) bond motifs is 1. The highest BCUT2D eigenvalue weighted by Gasteiger charge is 2.45. The molecule has 0 saturated heterocycles. The third-order valence-corrected chi connectivity index (χ3v) is 4.92. The minimum absolute atomic E-state index is 0.233. The normalized spacial score (nSPS) is 17.6. The maximum atomic E-state index is 13.3. The van der Waals surface area contributed by atoms with E-state index in [2.05, 4.69) is 4.98 Å². The van der Waals surface area contributed by atoms with Gasteiger partial charge in [0.25, 0.3) is 5.56 Å². The van der Waals surface area contributed by atoms with Crippen molar-refractivity contribution in [2.75, 3.05) is 0 Å². The summed E-state index contributed by atoms with van der Waals surface area (Å²) in [6.45, 7) is 3.80. The molecule has 0 aliphatic carbocycles. The van der Waals surface area contributed by atoms with Crippen LogP contribution >= 0.6 is 11.6 Å². The molecule has 3 aromatic rings. The van der Waals surface area contributed by atoms with Gasteiger partial charge in [-0.25, -0.2) is 9.36 Å². The zero-order valence-electron chi connectivity index (χ0n) is 14.3. The highest BCUT2D eigenvalue weighted by Crippen LogP contribution is 2.45. The first-order chi connectivity index (χ1) is 12.4. The van der Waals surface area contributed by atoms with E-state index in [4.69, 9.17) is 16.3 Å². The minimum atomic E-state index is -0.686. The standard InChI is InChI=1S/C20H17ClN2O3/c1-20(2)16(12-8-10-13(21)11-9-12)15-17(26-20)22-19(25)23(18(15)24)14-6-4-3-5-7-14/h3-11,16H,1-2H3,(H,22,25). The number of para-hydroxylation sites is 1. The summed E-state index contributed by atoms with van der Waals surface area (Å²) in [4.78, 5) is 28.5. The Morgan fingerprint density at radius 1 is 1.04 bits per heavy atom. The Hall–Kier alpha value is -2.79. The number of rotatable bonds is 2. The lowest BCUT2D eigenvalue weighted by Gasteiger charge is -2.26. The van der Waals surface area contributed by atoms with Gasteiger partial charge in [-0.15, -0.1) is 0 Å². The summed E-state index contributed by atoms with van der Waals surface area (Å²) in [5.74, 6) is -0.0915. The highest BCUT2D eigenvalue weighted by molar-refractivity contribution is 6.30. The SMILES string of the molecule is CC1(C)Oc2[nH]c(=O)n(-c3ccccc3)c(=O)c2C1c1ccc(Cl)cc1. The number of H-pyrrole nitrogens is 1. The Bertz CT molecular complexity index is 1080. The number of aromatic amines is 1. The summed E-state index contributed by atoms with van der Waals surface area (Å²) < 4.78 is 7.09. The first-order valence-electron chi connectivity index (χ1n) is 8.27. The minimum Gasteiger partial charge on any atom is -0.471 e. The van der Waals surface area contributed by atoms with Gasteiger partial charge in [0, 0.05) is 5.02 Å². The summed E-state index contributed by atoms with van der Waals surface area (Å²) in [5, 5.41) is 0.619. The van der Waals surface area contributed by atoms with Crippen LogP contribution in [0.15, 0.2) is 64.2 Å². The Morgan fingerprint density at radius 2 is 1.69 bits per heavy atom. The number of ether oxygens (including phenoxy) is 1. The van der Waals surface area contributed by atoms with Gasteiger partial charge in [-0.2, -0.15) is 0 Å². The van der Waals surface area contributed by atoms with Crippen molar-refractivity contribution in [3.8, 4) is 11.6 Å². The van der Waals surface area contributed by atoms with E-state index in [1.165, 1.54) is 0 Å². The summed E-state index contributed by atoms with van der Waals surface area (Å²) in [6, 6.07) is 16.2. The molecule has 0 saturated carbocycles. The molecule has 2 heterocycles. The lowest BCUT2D eigenvalue weighted by molar-refractivity contribution is 0.117. The first kappa shape index (κ1) is 16.7. The maximum absolute atomic E-state index is 13.3. The molecule has 0 spiro atoms. The van der Waals surface area contributed by atoms with Crippen LogP contribution < -0.4 is 16.0 Å². The predicted molar refractivity (Wildman–Crippen MR) is 101 cm³/mol. The van der Waals surface area contributed by atoms with Crippen LogP contribution in [0.5, 0.6) is 5.88 Å². The van der Waals surface area contributed by atoms with Gasteiger partial charge in [0.2, 0.25) is 5.88 Å². The van der Waals surface area contributed by atoms with E-state index < -0.39 is 11.3 Å². The molecule has 132 valence electrons. The van der Waals surface area contributed by atoms with Crippen molar-refractivity contribution in [1.29, 1.82) is 0 Å². The Labute approximate surface area is 154 Å². The van der Waals surface area contributed by atoms with Crippen molar-refractivity contribution < 1.29 is 4.74 Å². The molecular weight excluding hydrogens is 352 g/mol. The van der Waals surface area contributed by atoms with Crippen LogP contribution in [-0.4, -0.2) is 15.2 Å². The number of nitrogens with zero attached hydrogens (tertiary/aromatic N) is 1. The molecular formula is C20H17ClN2O3. The lowest BCUT2D eigenvalue weighted by Crippen LogP contribution is -2.36.